The molecule has 0 spiro atoms. The van der Waals surface area contributed by atoms with E-state index < -0.39 is 34.6 Å². The Labute approximate surface area is 133 Å². The monoisotopic (exact) mass is 319 g/mol. The van der Waals surface area contributed by atoms with E-state index in [4.69, 9.17) is 0 Å². The zero-order valence-electron chi connectivity index (χ0n) is 13.4. The van der Waals surface area contributed by atoms with E-state index in [1.807, 2.05) is 6.92 Å². The molecule has 1 aliphatic heterocycles. The number of halogens is 2. The van der Waals surface area contributed by atoms with Crippen molar-refractivity contribution >= 4 is 11.8 Å². The Morgan fingerprint density at radius 2 is 1.57 bits per heavy atom. The third-order valence-corrected chi connectivity index (χ3v) is 6.61. The summed E-state index contributed by atoms with van der Waals surface area (Å²) in [5.41, 5.74) is -0.591. The normalized spacial score (nSPS) is 34.4. The first-order valence-corrected chi connectivity index (χ1v) is 8.11. The van der Waals surface area contributed by atoms with Crippen LogP contribution in [0.5, 0.6) is 0 Å². The summed E-state index contributed by atoms with van der Waals surface area (Å²) in [5.74, 6) is -1.98. The van der Waals surface area contributed by atoms with Gasteiger partial charge >= 0.3 is 0 Å². The minimum atomic E-state index is -0.823. The molecule has 0 N–H and O–H groups in total. The minimum absolute atomic E-state index is 0.142. The van der Waals surface area contributed by atoms with Crippen LogP contribution in [0.1, 0.15) is 54.3 Å². The van der Waals surface area contributed by atoms with Crippen molar-refractivity contribution in [3.05, 3.63) is 34.9 Å². The summed E-state index contributed by atoms with van der Waals surface area (Å²) in [6.07, 6.45) is 1.83. The molecule has 23 heavy (non-hydrogen) atoms. The van der Waals surface area contributed by atoms with Gasteiger partial charge < -0.3 is 0 Å². The average molecular weight is 319 g/mol. The summed E-state index contributed by atoms with van der Waals surface area (Å²) in [5, 5.41) is 0. The van der Waals surface area contributed by atoms with Gasteiger partial charge in [-0.3, -0.25) is 14.5 Å². The molecule has 0 radical (unpaired) electrons. The van der Waals surface area contributed by atoms with Crippen molar-refractivity contribution in [2.45, 2.75) is 39.7 Å². The van der Waals surface area contributed by atoms with Crippen molar-refractivity contribution in [3.8, 4) is 0 Å². The second-order valence-electron chi connectivity index (χ2n) is 7.78. The van der Waals surface area contributed by atoms with E-state index in [0.717, 1.165) is 29.9 Å². The van der Waals surface area contributed by atoms with Crippen LogP contribution in [0.25, 0.3) is 0 Å². The fourth-order valence-electron chi connectivity index (χ4n) is 5.07. The Morgan fingerprint density at radius 1 is 1.04 bits per heavy atom. The third-order valence-electron chi connectivity index (χ3n) is 6.61. The Hall–Kier alpha value is -1.78. The molecule has 3 nitrogen and oxygen atoms in total. The SMILES string of the molecule is C[C@@H]1[C@@H](N2C(=O)c3c(F)ccc(F)c3C2=O)C[C@H]2C[C@@H]1C2(C)C. The smallest absolute Gasteiger partial charge is 0.264 e. The Kier molecular flexibility index (Phi) is 2.83. The highest BCUT2D eigenvalue weighted by molar-refractivity contribution is 6.21. The van der Waals surface area contributed by atoms with E-state index in [1.54, 1.807) is 0 Å². The Bertz CT molecular complexity index is 702. The molecule has 5 rings (SSSR count). The highest BCUT2D eigenvalue weighted by Gasteiger charge is 2.59. The largest absolute Gasteiger partial charge is 0.271 e. The van der Waals surface area contributed by atoms with Gasteiger partial charge in [-0.05, 0) is 48.1 Å². The van der Waals surface area contributed by atoms with Gasteiger partial charge in [0.1, 0.15) is 11.6 Å². The molecule has 4 aliphatic rings. The maximum absolute atomic E-state index is 14.0. The first kappa shape index (κ1) is 14.8. The van der Waals surface area contributed by atoms with Gasteiger partial charge in [0.2, 0.25) is 0 Å². The quantitative estimate of drug-likeness (QED) is 0.741. The van der Waals surface area contributed by atoms with Gasteiger partial charge in [0.05, 0.1) is 11.1 Å². The number of carbonyl (C=O) groups is 2. The molecule has 0 unspecified atom stereocenters. The van der Waals surface area contributed by atoms with E-state index in [1.165, 1.54) is 0 Å². The zero-order valence-corrected chi connectivity index (χ0v) is 13.4. The topological polar surface area (TPSA) is 37.4 Å². The van der Waals surface area contributed by atoms with Crippen LogP contribution in [0.4, 0.5) is 8.78 Å². The minimum Gasteiger partial charge on any atom is -0.271 e. The van der Waals surface area contributed by atoms with Crippen LogP contribution in [0.15, 0.2) is 12.1 Å². The lowest BCUT2D eigenvalue weighted by atomic mass is 9.44. The Morgan fingerprint density at radius 3 is 2.00 bits per heavy atom. The maximum Gasteiger partial charge on any atom is 0.264 e. The number of fused-ring (bicyclic) bond motifs is 3. The van der Waals surface area contributed by atoms with Crippen LogP contribution in [0, 0.1) is 34.8 Å². The van der Waals surface area contributed by atoms with Crippen LogP contribution in [-0.4, -0.2) is 22.8 Å². The molecule has 4 atom stereocenters. The number of hydrogen-bond donors (Lipinski definition) is 0. The molecule has 1 aromatic carbocycles. The summed E-state index contributed by atoms with van der Waals surface area (Å²) >= 11 is 0. The number of rotatable bonds is 1. The van der Waals surface area contributed by atoms with Gasteiger partial charge in [-0.2, -0.15) is 0 Å². The molecule has 1 heterocycles. The van der Waals surface area contributed by atoms with Crippen LogP contribution in [0.2, 0.25) is 0 Å². The zero-order chi connectivity index (χ0) is 16.7. The van der Waals surface area contributed by atoms with Gasteiger partial charge in [0, 0.05) is 6.04 Å². The number of hydrogen-bond acceptors (Lipinski definition) is 2. The number of benzene rings is 1. The fraction of sp³-hybridized carbons (Fsp3) is 0.556. The highest BCUT2D eigenvalue weighted by Crippen LogP contribution is 2.62. The first-order chi connectivity index (χ1) is 10.7. The highest BCUT2D eigenvalue weighted by atomic mass is 19.1. The lowest BCUT2D eigenvalue weighted by Crippen LogP contribution is -2.61. The number of amides is 2. The van der Waals surface area contributed by atoms with Gasteiger partial charge in [-0.25, -0.2) is 8.78 Å². The van der Waals surface area contributed by atoms with Gasteiger partial charge in [0.15, 0.2) is 0 Å². The third kappa shape index (κ3) is 1.68. The molecule has 3 saturated carbocycles. The van der Waals surface area contributed by atoms with Crippen molar-refractivity contribution in [1.82, 2.24) is 4.90 Å². The molecule has 0 saturated heterocycles. The van der Waals surface area contributed by atoms with E-state index in [9.17, 15) is 18.4 Å². The van der Waals surface area contributed by atoms with E-state index in [2.05, 4.69) is 13.8 Å². The lowest BCUT2D eigenvalue weighted by molar-refractivity contribution is -0.127. The summed E-state index contributed by atoms with van der Waals surface area (Å²) in [4.78, 5) is 26.3. The van der Waals surface area contributed by atoms with Crippen molar-refractivity contribution < 1.29 is 18.4 Å². The Balaban J connectivity index is 1.73. The van der Waals surface area contributed by atoms with E-state index in [-0.39, 0.29) is 17.4 Å². The molecule has 2 bridgehead atoms. The second kappa shape index (κ2) is 4.40. The van der Waals surface area contributed by atoms with Gasteiger partial charge in [-0.1, -0.05) is 20.8 Å². The summed E-state index contributed by atoms with van der Waals surface area (Å²) in [7, 11) is 0. The predicted molar refractivity (Wildman–Crippen MR) is 79.8 cm³/mol. The molecule has 122 valence electrons. The molecule has 2 amide bonds. The fourth-order valence-corrected chi connectivity index (χ4v) is 5.07. The molecule has 5 heteroatoms. The van der Waals surface area contributed by atoms with Crippen LogP contribution in [-0.2, 0) is 0 Å². The average Bonchev–Trinajstić information content (AvgIpc) is 2.75. The van der Waals surface area contributed by atoms with Crippen LogP contribution >= 0.6 is 0 Å². The van der Waals surface area contributed by atoms with Crippen molar-refractivity contribution in [2.75, 3.05) is 0 Å². The lowest BCUT2D eigenvalue weighted by Gasteiger charge is -2.62. The summed E-state index contributed by atoms with van der Waals surface area (Å²) in [6.45, 7) is 6.49. The van der Waals surface area contributed by atoms with E-state index in [0.29, 0.717) is 11.8 Å². The van der Waals surface area contributed by atoms with Crippen molar-refractivity contribution in [1.29, 1.82) is 0 Å². The number of imide groups is 1. The van der Waals surface area contributed by atoms with Crippen molar-refractivity contribution in [3.63, 3.8) is 0 Å². The van der Waals surface area contributed by atoms with Gasteiger partial charge in [0.25, 0.3) is 11.8 Å². The standard InChI is InChI=1S/C18H19F2NO2/c1-8-10-6-9(18(10,2)3)7-13(8)21-16(22)14-11(19)4-5-12(20)15(14)17(21)23/h4-5,8-10,13H,6-7H2,1-3H3/t8-,9+,10-,13-/m0/s1. The molecule has 3 aliphatic carbocycles. The second-order valence-corrected chi connectivity index (χ2v) is 7.78. The number of nitrogens with zero attached hydrogens (tertiary/aromatic N) is 1. The molecule has 1 aromatic rings. The molecule has 0 aromatic heterocycles. The van der Waals surface area contributed by atoms with Gasteiger partial charge in [-0.15, -0.1) is 0 Å². The van der Waals surface area contributed by atoms with Crippen LogP contribution < -0.4 is 0 Å². The molecule has 3 fully saturated rings. The molecular weight excluding hydrogens is 300 g/mol. The first-order valence-electron chi connectivity index (χ1n) is 8.11. The predicted octanol–water partition coefficient (Wildman–Crippen LogP) is 3.63. The summed E-state index contributed by atoms with van der Waals surface area (Å²) < 4.78 is 27.9. The summed E-state index contributed by atoms with van der Waals surface area (Å²) in [6, 6.07) is 1.56. The molecular formula is C18H19F2NO2. The van der Waals surface area contributed by atoms with Crippen LogP contribution in [0.3, 0.4) is 0 Å². The number of carbonyl (C=O) groups excluding carboxylic acids is 2. The maximum atomic E-state index is 14.0. The van der Waals surface area contributed by atoms with Crippen molar-refractivity contribution in [2.24, 2.45) is 23.2 Å². The van der Waals surface area contributed by atoms with E-state index >= 15 is 0 Å².